The van der Waals surface area contributed by atoms with E-state index in [1.807, 2.05) is 46.9 Å². The summed E-state index contributed by atoms with van der Waals surface area (Å²) in [7, 11) is 3.46. The summed E-state index contributed by atoms with van der Waals surface area (Å²) in [5, 5.41) is 5.54. The van der Waals surface area contributed by atoms with E-state index in [1.54, 1.807) is 19.2 Å². The molecular weight excluding hydrogens is 200 g/mol. The lowest BCUT2D eigenvalue weighted by atomic mass is 10.2. The number of anilines is 1. The van der Waals surface area contributed by atoms with Crippen molar-refractivity contribution < 1.29 is 4.79 Å². The van der Waals surface area contributed by atoms with Crippen LogP contribution in [0.3, 0.4) is 0 Å². The molecule has 0 saturated heterocycles. The summed E-state index contributed by atoms with van der Waals surface area (Å²) >= 11 is 0. The molecule has 0 saturated carbocycles. The lowest BCUT2D eigenvalue weighted by Gasteiger charge is -2.01. The van der Waals surface area contributed by atoms with Crippen molar-refractivity contribution in [3.05, 3.63) is 29.8 Å². The van der Waals surface area contributed by atoms with Crippen molar-refractivity contribution >= 4 is 11.6 Å². The zero-order chi connectivity index (χ0) is 13.0. The van der Waals surface area contributed by atoms with Crippen molar-refractivity contribution in [2.45, 2.75) is 27.7 Å². The Morgan fingerprint density at radius 3 is 1.69 bits per heavy atom. The molecule has 0 aliphatic heterocycles. The zero-order valence-electron chi connectivity index (χ0n) is 11.2. The van der Waals surface area contributed by atoms with Gasteiger partial charge in [-0.25, -0.2) is 0 Å². The molecule has 1 aromatic carbocycles. The van der Waals surface area contributed by atoms with E-state index >= 15 is 0 Å². The molecule has 92 valence electrons. The molecule has 0 heterocycles. The van der Waals surface area contributed by atoms with E-state index in [0.29, 0.717) is 5.56 Å². The van der Waals surface area contributed by atoms with E-state index in [1.165, 1.54) is 0 Å². The smallest absolute Gasteiger partial charge is 0.251 e. The molecule has 0 aliphatic rings. The van der Waals surface area contributed by atoms with Crippen molar-refractivity contribution in [1.82, 2.24) is 5.32 Å². The van der Waals surface area contributed by atoms with Gasteiger partial charge in [0.05, 0.1) is 0 Å². The van der Waals surface area contributed by atoms with Gasteiger partial charge in [0.15, 0.2) is 0 Å². The molecule has 1 amide bonds. The van der Waals surface area contributed by atoms with Crippen LogP contribution in [0.4, 0.5) is 5.69 Å². The maximum Gasteiger partial charge on any atom is 0.251 e. The van der Waals surface area contributed by atoms with Crippen molar-refractivity contribution in [2.75, 3.05) is 19.4 Å². The summed E-state index contributed by atoms with van der Waals surface area (Å²) in [6.07, 6.45) is 0. The van der Waals surface area contributed by atoms with Gasteiger partial charge in [0.1, 0.15) is 0 Å². The van der Waals surface area contributed by atoms with Gasteiger partial charge in [-0.3, -0.25) is 4.79 Å². The maximum atomic E-state index is 11.1. The van der Waals surface area contributed by atoms with Crippen molar-refractivity contribution in [2.24, 2.45) is 0 Å². The van der Waals surface area contributed by atoms with Gasteiger partial charge in [-0.1, -0.05) is 27.7 Å². The summed E-state index contributed by atoms with van der Waals surface area (Å²) in [6.45, 7) is 8.00. The summed E-state index contributed by atoms with van der Waals surface area (Å²) < 4.78 is 0. The molecule has 0 aromatic heterocycles. The second-order valence-corrected chi connectivity index (χ2v) is 2.41. The molecule has 0 aliphatic carbocycles. The minimum absolute atomic E-state index is 0.0577. The van der Waals surface area contributed by atoms with E-state index in [2.05, 4.69) is 10.6 Å². The molecule has 0 radical (unpaired) electrons. The first-order valence-corrected chi connectivity index (χ1v) is 5.78. The summed E-state index contributed by atoms with van der Waals surface area (Å²) in [5.74, 6) is -0.0577. The average Bonchev–Trinajstić information content (AvgIpc) is 2.42. The number of carbonyl (C=O) groups excluding carboxylic acids is 1. The number of amides is 1. The SMILES string of the molecule is CC.CC.CNC(=O)c1ccc(NC)cc1. The minimum atomic E-state index is -0.0577. The largest absolute Gasteiger partial charge is 0.388 e. The van der Waals surface area contributed by atoms with Crippen LogP contribution in [0.15, 0.2) is 24.3 Å². The number of rotatable bonds is 2. The highest BCUT2D eigenvalue weighted by atomic mass is 16.1. The zero-order valence-corrected chi connectivity index (χ0v) is 11.2. The molecule has 0 atom stereocenters. The molecule has 1 aromatic rings. The van der Waals surface area contributed by atoms with Gasteiger partial charge in [-0.2, -0.15) is 0 Å². The highest BCUT2D eigenvalue weighted by Crippen LogP contribution is 2.07. The Morgan fingerprint density at radius 2 is 1.38 bits per heavy atom. The van der Waals surface area contributed by atoms with E-state index < -0.39 is 0 Å². The van der Waals surface area contributed by atoms with Crippen LogP contribution >= 0.6 is 0 Å². The van der Waals surface area contributed by atoms with Crippen LogP contribution in [0.5, 0.6) is 0 Å². The van der Waals surface area contributed by atoms with E-state index in [0.717, 1.165) is 5.69 Å². The van der Waals surface area contributed by atoms with Gasteiger partial charge in [-0.05, 0) is 24.3 Å². The average molecular weight is 224 g/mol. The third-order valence-corrected chi connectivity index (χ3v) is 1.66. The first-order chi connectivity index (χ1) is 7.77. The van der Waals surface area contributed by atoms with E-state index in [9.17, 15) is 4.79 Å². The summed E-state index contributed by atoms with van der Waals surface area (Å²) in [6, 6.07) is 7.30. The number of hydrogen-bond donors (Lipinski definition) is 2. The Kier molecular flexibility index (Phi) is 12.2. The summed E-state index contributed by atoms with van der Waals surface area (Å²) in [4.78, 5) is 11.1. The number of carbonyl (C=O) groups is 1. The van der Waals surface area contributed by atoms with E-state index in [4.69, 9.17) is 0 Å². The predicted octanol–water partition coefficient (Wildman–Crippen LogP) is 3.14. The Labute approximate surface area is 99.3 Å². The standard InChI is InChI=1S/C9H12N2O.2C2H6/c1-10-8-5-3-7(4-6-8)9(12)11-2;2*1-2/h3-6,10H,1-2H3,(H,11,12);2*1-2H3. The molecule has 16 heavy (non-hydrogen) atoms. The fraction of sp³-hybridized carbons (Fsp3) is 0.462. The van der Waals surface area contributed by atoms with Crippen LogP contribution in [-0.4, -0.2) is 20.0 Å². The molecule has 0 bridgehead atoms. The maximum absolute atomic E-state index is 11.1. The van der Waals surface area contributed by atoms with Crippen LogP contribution in [0.1, 0.15) is 38.1 Å². The normalized spacial score (nSPS) is 7.62. The highest BCUT2D eigenvalue weighted by Gasteiger charge is 2.00. The van der Waals surface area contributed by atoms with Crippen molar-refractivity contribution in [3.63, 3.8) is 0 Å². The molecule has 3 heteroatoms. The summed E-state index contributed by atoms with van der Waals surface area (Å²) in [5.41, 5.74) is 1.68. The van der Waals surface area contributed by atoms with Crippen LogP contribution < -0.4 is 10.6 Å². The van der Waals surface area contributed by atoms with E-state index in [-0.39, 0.29) is 5.91 Å². The Morgan fingerprint density at radius 1 is 0.938 bits per heavy atom. The topological polar surface area (TPSA) is 41.1 Å². The van der Waals surface area contributed by atoms with Crippen LogP contribution in [0, 0.1) is 0 Å². The molecular formula is C13H24N2O. The molecule has 0 spiro atoms. The fourth-order valence-corrected chi connectivity index (χ4v) is 0.933. The van der Waals surface area contributed by atoms with Crippen LogP contribution in [-0.2, 0) is 0 Å². The van der Waals surface area contributed by atoms with Gasteiger partial charge >= 0.3 is 0 Å². The van der Waals surface area contributed by atoms with Gasteiger partial charge in [0.25, 0.3) is 5.91 Å². The highest BCUT2D eigenvalue weighted by molar-refractivity contribution is 5.94. The Hall–Kier alpha value is -1.51. The number of hydrogen-bond acceptors (Lipinski definition) is 2. The first-order valence-electron chi connectivity index (χ1n) is 5.78. The molecule has 1 rings (SSSR count). The quantitative estimate of drug-likeness (QED) is 0.810. The van der Waals surface area contributed by atoms with Gasteiger partial charge in [0, 0.05) is 25.3 Å². The third kappa shape index (κ3) is 6.06. The minimum Gasteiger partial charge on any atom is -0.388 e. The van der Waals surface area contributed by atoms with Gasteiger partial charge in [-0.15, -0.1) is 0 Å². The molecule has 0 fully saturated rings. The van der Waals surface area contributed by atoms with Crippen LogP contribution in [0.2, 0.25) is 0 Å². The monoisotopic (exact) mass is 224 g/mol. The molecule has 3 nitrogen and oxygen atoms in total. The number of benzene rings is 1. The molecule has 2 N–H and O–H groups in total. The second-order valence-electron chi connectivity index (χ2n) is 2.41. The Bertz CT molecular complexity index is 268. The fourth-order valence-electron chi connectivity index (χ4n) is 0.933. The van der Waals surface area contributed by atoms with Gasteiger partial charge < -0.3 is 10.6 Å². The van der Waals surface area contributed by atoms with Crippen LogP contribution in [0.25, 0.3) is 0 Å². The first kappa shape index (κ1) is 16.9. The van der Waals surface area contributed by atoms with Crippen molar-refractivity contribution in [1.29, 1.82) is 0 Å². The lowest BCUT2D eigenvalue weighted by Crippen LogP contribution is -2.17. The lowest BCUT2D eigenvalue weighted by molar-refractivity contribution is 0.0963. The Balaban J connectivity index is 0. The second kappa shape index (κ2) is 11.6. The third-order valence-electron chi connectivity index (χ3n) is 1.66. The number of nitrogens with one attached hydrogen (secondary N) is 2. The van der Waals surface area contributed by atoms with Crippen molar-refractivity contribution in [3.8, 4) is 0 Å². The predicted molar refractivity (Wildman–Crippen MR) is 72.1 cm³/mol. The molecule has 0 unspecified atom stereocenters. The van der Waals surface area contributed by atoms with Gasteiger partial charge in [0.2, 0.25) is 0 Å².